The molecule has 0 saturated heterocycles. The summed E-state index contributed by atoms with van der Waals surface area (Å²) in [5.74, 6) is 0.654. The molecule has 1 aromatic heterocycles. The molecule has 0 amide bonds. The van der Waals surface area contributed by atoms with E-state index in [2.05, 4.69) is 22.9 Å². The molecule has 0 aromatic carbocycles. The average molecular weight is 304 g/mol. The van der Waals surface area contributed by atoms with Gasteiger partial charge in [-0.2, -0.15) is 0 Å². The summed E-state index contributed by atoms with van der Waals surface area (Å²) in [6.07, 6.45) is 0.987. The number of furan rings is 1. The second-order valence-electron chi connectivity index (χ2n) is 3.72. The van der Waals surface area contributed by atoms with Gasteiger partial charge in [-0.3, -0.25) is 9.69 Å². The third kappa shape index (κ3) is 5.37. The van der Waals surface area contributed by atoms with Crippen LogP contribution in [0.4, 0.5) is 0 Å². The predicted molar refractivity (Wildman–Crippen MR) is 68.6 cm³/mol. The number of halogens is 1. The molecule has 4 nitrogen and oxygen atoms in total. The molecule has 0 spiro atoms. The zero-order valence-corrected chi connectivity index (χ0v) is 11.8. The van der Waals surface area contributed by atoms with E-state index >= 15 is 0 Å². The Morgan fingerprint density at radius 3 is 2.76 bits per heavy atom. The van der Waals surface area contributed by atoms with Crippen molar-refractivity contribution in [2.24, 2.45) is 0 Å². The van der Waals surface area contributed by atoms with Gasteiger partial charge >= 0.3 is 5.97 Å². The van der Waals surface area contributed by atoms with Gasteiger partial charge in [0.25, 0.3) is 0 Å². The summed E-state index contributed by atoms with van der Waals surface area (Å²) >= 11 is 3.26. The van der Waals surface area contributed by atoms with E-state index in [1.807, 2.05) is 24.0 Å². The Labute approximate surface area is 110 Å². The summed E-state index contributed by atoms with van der Waals surface area (Å²) in [7, 11) is 0. The lowest BCUT2D eigenvalue weighted by Gasteiger charge is -2.19. The first-order valence-corrected chi connectivity index (χ1v) is 6.57. The Morgan fingerprint density at radius 1 is 1.47 bits per heavy atom. The molecule has 0 atom stereocenters. The number of rotatable bonds is 7. The first kappa shape index (κ1) is 14.3. The molecule has 0 unspecified atom stereocenters. The van der Waals surface area contributed by atoms with E-state index in [-0.39, 0.29) is 5.97 Å². The van der Waals surface area contributed by atoms with E-state index in [0.717, 1.165) is 18.7 Å². The highest BCUT2D eigenvalue weighted by atomic mass is 79.9. The summed E-state index contributed by atoms with van der Waals surface area (Å²) in [6, 6.07) is 3.75. The maximum Gasteiger partial charge on any atom is 0.320 e. The van der Waals surface area contributed by atoms with Crippen molar-refractivity contribution in [2.45, 2.75) is 26.8 Å². The molecule has 0 aliphatic carbocycles. The normalized spacial score (nSPS) is 10.8. The summed E-state index contributed by atoms with van der Waals surface area (Å²) in [6.45, 7) is 6.09. The highest BCUT2D eigenvalue weighted by Gasteiger charge is 2.13. The van der Waals surface area contributed by atoms with Crippen molar-refractivity contribution in [1.29, 1.82) is 0 Å². The van der Waals surface area contributed by atoms with Gasteiger partial charge in [0, 0.05) is 0 Å². The molecule has 0 aliphatic rings. The van der Waals surface area contributed by atoms with Gasteiger partial charge in [0.1, 0.15) is 5.76 Å². The van der Waals surface area contributed by atoms with E-state index in [9.17, 15) is 4.79 Å². The molecule has 0 saturated carbocycles. The highest BCUT2D eigenvalue weighted by molar-refractivity contribution is 9.10. The molecule has 1 heterocycles. The average Bonchev–Trinajstić information content (AvgIpc) is 2.64. The summed E-state index contributed by atoms with van der Waals surface area (Å²) in [5, 5.41) is 0. The first-order valence-electron chi connectivity index (χ1n) is 5.77. The van der Waals surface area contributed by atoms with Crippen LogP contribution in [0, 0.1) is 0 Å². The number of esters is 1. The molecular weight excluding hydrogens is 286 g/mol. The SMILES string of the molecule is CCCN(CC(=O)OCC)Cc1ccc(Br)o1. The third-order valence-corrected chi connectivity index (χ3v) is 2.63. The van der Waals surface area contributed by atoms with E-state index < -0.39 is 0 Å². The van der Waals surface area contributed by atoms with Crippen molar-refractivity contribution in [3.05, 3.63) is 22.6 Å². The minimum absolute atomic E-state index is 0.188. The lowest BCUT2D eigenvalue weighted by molar-refractivity contribution is -0.144. The lowest BCUT2D eigenvalue weighted by atomic mass is 10.3. The Hall–Kier alpha value is -0.810. The topological polar surface area (TPSA) is 42.7 Å². The van der Waals surface area contributed by atoms with E-state index in [1.54, 1.807) is 0 Å². The van der Waals surface area contributed by atoms with Gasteiger partial charge in [-0.1, -0.05) is 6.92 Å². The van der Waals surface area contributed by atoms with Crippen LogP contribution < -0.4 is 0 Å². The number of carbonyl (C=O) groups excluding carboxylic acids is 1. The lowest BCUT2D eigenvalue weighted by Crippen LogP contribution is -2.31. The maximum absolute atomic E-state index is 11.4. The molecule has 0 radical (unpaired) electrons. The van der Waals surface area contributed by atoms with Gasteiger partial charge in [0.15, 0.2) is 4.67 Å². The molecule has 96 valence electrons. The van der Waals surface area contributed by atoms with Gasteiger partial charge in [-0.25, -0.2) is 0 Å². The van der Waals surface area contributed by atoms with Crippen LogP contribution in [-0.2, 0) is 16.1 Å². The van der Waals surface area contributed by atoms with Crippen LogP contribution in [0.1, 0.15) is 26.0 Å². The number of nitrogens with zero attached hydrogens (tertiary/aromatic N) is 1. The fraction of sp³-hybridized carbons (Fsp3) is 0.583. The smallest absolute Gasteiger partial charge is 0.320 e. The standard InChI is InChI=1S/C12H18BrNO3/c1-3-7-14(9-12(15)16-4-2)8-10-5-6-11(13)17-10/h5-6H,3-4,7-9H2,1-2H3. The van der Waals surface area contributed by atoms with Crippen molar-refractivity contribution in [2.75, 3.05) is 19.7 Å². The fourth-order valence-electron chi connectivity index (χ4n) is 1.58. The van der Waals surface area contributed by atoms with Gasteiger partial charge in [-0.05, 0) is 48.0 Å². The molecule has 17 heavy (non-hydrogen) atoms. The van der Waals surface area contributed by atoms with Crippen molar-refractivity contribution in [3.63, 3.8) is 0 Å². The number of carbonyl (C=O) groups is 1. The second-order valence-corrected chi connectivity index (χ2v) is 4.50. The van der Waals surface area contributed by atoms with Gasteiger partial charge in [0.05, 0.1) is 19.7 Å². The molecule has 0 bridgehead atoms. The van der Waals surface area contributed by atoms with Crippen molar-refractivity contribution >= 4 is 21.9 Å². The van der Waals surface area contributed by atoms with E-state index in [4.69, 9.17) is 9.15 Å². The number of hydrogen-bond acceptors (Lipinski definition) is 4. The Kier molecular flexibility index (Phi) is 6.29. The number of hydrogen-bond donors (Lipinski definition) is 0. The van der Waals surface area contributed by atoms with Gasteiger partial charge in [-0.15, -0.1) is 0 Å². The Bertz CT molecular complexity index is 351. The molecule has 0 aliphatic heterocycles. The minimum Gasteiger partial charge on any atom is -0.465 e. The summed E-state index contributed by atoms with van der Waals surface area (Å²) < 4.78 is 11.1. The number of ether oxygens (including phenoxy) is 1. The predicted octanol–water partition coefficient (Wildman–Crippen LogP) is 2.82. The van der Waals surface area contributed by atoms with Crippen LogP contribution in [-0.4, -0.2) is 30.6 Å². The molecule has 1 rings (SSSR count). The fourth-order valence-corrected chi connectivity index (χ4v) is 1.92. The van der Waals surface area contributed by atoms with Crippen molar-refractivity contribution < 1.29 is 13.9 Å². The van der Waals surface area contributed by atoms with Crippen molar-refractivity contribution in [3.8, 4) is 0 Å². The van der Waals surface area contributed by atoms with E-state index in [1.165, 1.54) is 0 Å². The molecule has 1 aromatic rings. The van der Waals surface area contributed by atoms with Crippen LogP contribution in [0.2, 0.25) is 0 Å². The van der Waals surface area contributed by atoms with E-state index in [0.29, 0.717) is 24.4 Å². The van der Waals surface area contributed by atoms with Crippen LogP contribution in [0.25, 0.3) is 0 Å². The minimum atomic E-state index is -0.188. The quantitative estimate of drug-likeness (QED) is 0.727. The molecule has 0 fully saturated rings. The van der Waals surface area contributed by atoms with Crippen LogP contribution in [0.3, 0.4) is 0 Å². The zero-order valence-electron chi connectivity index (χ0n) is 10.2. The highest BCUT2D eigenvalue weighted by Crippen LogP contribution is 2.15. The Balaban J connectivity index is 2.50. The molecule has 0 N–H and O–H groups in total. The monoisotopic (exact) mass is 303 g/mol. The second kappa shape index (κ2) is 7.50. The Morgan fingerprint density at radius 2 is 2.24 bits per heavy atom. The van der Waals surface area contributed by atoms with Crippen LogP contribution >= 0.6 is 15.9 Å². The van der Waals surface area contributed by atoms with Crippen LogP contribution in [0.15, 0.2) is 21.2 Å². The largest absolute Gasteiger partial charge is 0.465 e. The van der Waals surface area contributed by atoms with Crippen LogP contribution in [0.5, 0.6) is 0 Å². The first-order chi connectivity index (χ1) is 8.15. The maximum atomic E-state index is 11.4. The summed E-state index contributed by atoms with van der Waals surface area (Å²) in [5.41, 5.74) is 0. The van der Waals surface area contributed by atoms with Gasteiger partial charge < -0.3 is 9.15 Å². The molecule has 5 heteroatoms. The molecular formula is C12H18BrNO3. The third-order valence-electron chi connectivity index (χ3n) is 2.21. The summed E-state index contributed by atoms with van der Waals surface area (Å²) in [4.78, 5) is 13.4. The zero-order chi connectivity index (χ0) is 12.7. The van der Waals surface area contributed by atoms with Gasteiger partial charge in [0.2, 0.25) is 0 Å². The van der Waals surface area contributed by atoms with Crippen molar-refractivity contribution in [1.82, 2.24) is 4.90 Å².